The zero-order valence-corrected chi connectivity index (χ0v) is 18.3. The fourth-order valence-electron chi connectivity index (χ4n) is 4.53. The van der Waals surface area contributed by atoms with E-state index in [-0.39, 0.29) is 24.7 Å². The van der Waals surface area contributed by atoms with Crippen LogP contribution in [0.5, 0.6) is 5.75 Å². The van der Waals surface area contributed by atoms with E-state index >= 15 is 0 Å². The maximum absolute atomic E-state index is 12.2. The van der Waals surface area contributed by atoms with E-state index in [2.05, 4.69) is 10.3 Å². The second-order valence-corrected chi connectivity index (χ2v) is 8.73. The van der Waals surface area contributed by atoms with Gasteiger partial charge in [-0.2, -0.15) is 0 Å². The number of hydrogen-bond acceptors (Lipinski definition) is 6. The van der Waals surface area contributed by atoms with Gasteiger partial charge in [-0.1, -0.05) is 6.07 Å². The molecule has 2 fully saturated rings. The Kier molecular flexibility index (Phi) is 7.25. The molecule has 1 aliphatic carbocycles. The molecule has 2 heterocycles. The van der Waals surface area contributed by atoms with Gasteiger partial charge >= 0.3 is 0 Å². The predicted octanol–water partition coefficient (Wildman–Crippen LogP) is 3.37. The van der Waals surface area contributed by atoms with Crippen LogP contribution in [0.2, 0.25) is 0 Å². The van der Waals surface area contributed by atoms with E-state index in [1.165, 1.54) is 0 Å². The quantitative estimate of drug-likeness (QED) is 0.703. The molecular formula is C24H33N3O4. The highest BCUT2D eigenvalue weighted by molar-refractivity contribution is 5.95. The maximum atomic E-state index is 12.2. The topological polar surface area (TPSA) is 95.7 Å². The second-order valence-electron chi connectivity index (χ2n) is 8.73. The van der Waals surface area contributed by atoms with Crippen LogP contribution in [-0.4, -0.2) is 49.5 Å². The molecule has 4 rings (SSSR count). The van der Waals surface area contributed by atoms with Crippen molar-refractivity contribution in [2.45, 2.75) is 57.6 Å². The molecule has 1 aliphatic heterocycles. The summed E-state index contributed by atoms with van der Waals surface area (Å²) in [7, 11) is 0. The first-order valence-corrected chi connectivity index (χ1v) is 11.4. The lowest BCUT2D eigenvalue weighted by molar-refractivity contribution is -0.127. The molecule has 0 spiro atoms. The largest absolute Gasteiger partial charge is 0.490 e. The molecule has 3 N–H and O–H groups in total. The molecule has 1 saturated heterocycles. The number of carbonyl (C=O) groups excluding carboxylic acids is 1. The Balaban J connectivity index is 1.22. The molecule has 7 nitrogen and oxygen atoms in total. The van der Waals surface area contributed by atoms with Crippen LogP contribution in [0.4, 0.5) is 5.69 Å². The molecule has 168 valence electrons. The van der Waals surface area contributed by atoms with Crippen LogP contribution >= 0.6 is 0 Å². The van der Waals surface area contributed by atoms with Gasteiger partial charge in [0.05, 0.1) is 23.6 Å². The van der Waals surface area contributed by atoms with E-state index < -0.39 is 0 Å². The van der Waals surface area contributed by atoms with Crippen molar-refractivity contribution in [2.24, 2.45) is 5.92 Å². The van der Waals surface area contributed by atoms with Crippen molar-refractivity contribution in [3.63, 3.8) is 0 Å². The molecule has 31 heavy (non-hydrogen) atoms. The summed E-state index contributed by atoms with van der Waals surface area (Å²) in [4.78, 5) is 16.8. The minimum Gasteiger partial charge on any atom is -0.490 e. The third-order valence-corrected chi connectivity index (χ3v) is 6.21. The molecule has 1 aromatic heterocycles. The molecule has 7 heteroatoms. The van der Waals surface area contributed by atoms with E-state index in [4.69, 9.17) is 19.9 Å². The molecule has 1 aromatic carbocycles. The number of nitrogens with one attached hydrogen (secondary N) is 1. The molecule has 0 atom stereocenters. The number of nitrogen functional groups attached to an aromatic ring is 1. The molecule has 2 aliphatic rings. The Morgan fingerprint density at radius 3 is 2.74 bits per heavy atom. The number of benzene rings is 1. The van der Waals surface area contributed by atoms with Crippen LogP contribution < -0.4 is 15.8 Å². The summed E-state index contributed by atoms with van der Waals surface area (Å²) < 4.78 is 17.3. The van der Waals surface area contributed by atoms with Gasteiger partial charge in [0.25, 0.3) is 0 Å². The van der Waals surface area contributed by atoms with Crippen molar-refractivity contribution >= 4 is 22.5 Å². The van der Waals surface area contributed by atoms with Crippen molar-refractivity contribution in [3.05, 3.63) is 30.0 Å². The minimum absolute atomic E-state index is 0.0281. The molecule has 0 radical (unpaired) electrons. The van der Waals surface area contributed by atoms with Crippen molar-refractivity contribution < 1.29 is 19.0 Å². The number of amides is 1. The van der Waals surface area contributed by atoms with Crippen LogP contribution in [-0.2, 0) is 14.3 Å². The van der Waals surface area contributed by atoms with Crippen LogP contribution in [0.3, 0.4) is 0 Å². The third kappa shape index (κ3) is 5.86. The number of nitrogens with two attached hydrogens (primary N) is 1. The number of carbonyl (C=O) groups is 1. The summed E-state index contributed by atoms with van der Waals surface area (Å²) >= 11 is 0. The first-order chi connectivity index (χ1) is 15.1. The van der Waals surface area contributed by atoms with Crippen LogP contribution in [0.1, 0.15) is 44.2 Å². The summed E-state index contributed by atoms with van der Waals surface area (Å²) in [6, 6.07) is 7.93. The summed E-state index contributed by atoms with van der Waals surface area (Å²) in [5.74, 6) is 1.27. The van der Waals surface area contributed by atoms with Crippen molar-refractivity contribution in [1.29, 1.82) is 0 Å². The van der Waals surface area contributed by atoms with Gasteiger partial charge in [0, 0.05) is 30.6 Å². The number of aryl methyl sites for hydroxylation is 1. The zero-order valence-electron chi connectivity index (χ0n) is 18.3. The number of nitrogens with zero attached hydrogens (tertiary/aromatic N) is 1. The van der Waals surface area contributed by atoms with Gasteiger partial charge in [-0.05, 0) is 69.6 Å². The van der Waals surface area contributed by atoms with E-state index in [0.29, 0.717) is 18.2 Å². The van der Waals surface area contributed by atoms with E-state index in [1.807, 2.05) is 31.2 Å². The second kappa shape index (κ2) is 10.3. The number of aromatic nitrogens is 1. The molecule has 2 aromatic rings. The Labute approximate surface area is 183 Å². The Morgan fingerprint density at radius 2 is 1.97 bits per heavy atom. The van der Waals surface area contributed by atoms with E-state index in [1.54, 1.807) is 0 Å². The monoisotopic (exact) mass is 427 g/mol. The molecule has 1 saturated carbocycles. The third-order valence-electron chi connectivity index (χ3n) is 6.21. The van der Waals surface area contributed by atoms with Gasteiger partial charge in [0.1, 0.15) is 12.4 Å². The fraction of sp³-hybridized carbons (Fsp3) is 0.583. The van der Waals surface area contributed by atoms with Crippen molar-refractivity contribution in [2.75, 3.05) is 32.2 Å². The fourth-order valence-corrected chi connectivity index (χ4v) is 4.53. The summed E-state index contributed by atoms with van der Waals surface area (Å²) in [6.45, 7) is 4.31. The zero-order chi connectivity index (χ0) is 21.6. The summed E-state index contributed by atoms with van der Waals surface area (Å²) in [6.07, 6.45) is 5.73. The molecule has 1 amide bonds. The lowest BCUT2D eigenvalue weighted by Crippen LogP contribution is -2.41. The summed E-state index contributed by atoms with van der Waals surface area (Å²) in [5, 5.41) is 3.99. The Hall–Kier alpha value is -2.38. The highest BCUT2D eigenvalue weighted by Gasteiger charge is 2.24. The van der Waals surface area contributed by atoms with E-state index in [0.717, 1.165) is 74.1 Å². The van der Waals surface area contributed by atoms with Gasteiger partial charge in [0.15, 0.2) is 0 Å². The molecule has 0 unspecified atom stereocenters. The molecule has 0 bridgehead atoms. The van der Waals surface area contributed by atoms with Gasteiger partial charge in [0.2, 0.25) is 5.91 Å². The number of anilines is 1. The first-order valence-electron chi connectivity index (χ1n) is 11.4. The van der Waals surface area contributed by atoms with Gasteiger partial charge in [-0.15, -0.1) is 0 Å². The number of hydrogen-bond donors (Lipinski definition) is 2. The number of pyridine rings is 1. The normalized spacial score (nSPS) is 22.4. The summed E-state index contributed by atoms with van der Waals surface area (Å²) in [5.41, 5.74) is 8.69. The van der Waals surface area contributed by atoms with Crippen molar-refractivity contribution in [3.8, 4) is 5.75 Å². The van der Waals surface area contributed by atoms with Crippen LogP contribution in [0.15, 0.2) is 24.3 Å². The van der Waals surface area contributed by atoms with Gasteiger partial charge in [-0.3, -0.25) is 9.78 Å². The predicted molar refractivity (Wildman–Crippen MR) is 120 cm³/mol. The first kappa shape index (κ1) is 21.8. The van der Waals surface area contributed by atoms with E-state index in [9.17, 15) is 4.79 Å². The average molecular weight is 428 g/mol. The number of rotatable bonds is 7. The van der Waals surface area contributed by atoms with Crippen molar-refractivity contribution in [1.82, 2.24) is 10.3 Å². The van der Waals surface area contributed by atoms with Crippen LogP contribution in [0.25, 0.3) is 10.9 Å². The smallest absolute Gasteiger partial charge is 0.246 e. The van der Waals surface area contributed by atoms with Gasteiger partial charge < -0.3 is 25.3 Å². The number of fused-ring (bicyclic) bond motifs is 1. The maximum Gasteiger partial charge on any atom is 0.246 e. The SMILES string of the molecule is Cc1cc(N)c2c(OC3CCC(NC(=O)COCC4CCOCC4)CC3)cccc2n1. The average Bonchev–Trinajstić information content (AvgIpc) is 2.75. The lowest BCUT2D eigenvalue weighted by atomic mass is 9.93. The Bertz CT molecular complexity index is 890. The standard InChI is InChI=1S/C24H33N3O4/c1-16-13-20(25)24-21(26-16)3-2-4-22(24)31-19-7-5-18(6-8-19)27-23(28)15-30-14-17-9-11-29-12-10-17/h2-4,13,17-19H,5-12,14-15H2,1H3,(H2,25,26)(H,27,28). The highest BCUT2D eigenvalue weighted by atomic mass is 16.5. The van der Waals surface area contributed by atoms with Gasteiger partial charge in [-0.25, -0.2) is 0 Å². The molecular weight excluding hydrogens is 394 g/mol. The Morgan fingerprint density at radius 1 is 1.19 bits per heavy atom. The minimum atomic E-state index is -0.0281. The number of ether oxygens (including phenoxy) is 3. The van der Waals surface area contributed by atoms with Crippen LogP contribution in [0, 0.1) is 12.8 Å². The lowest BCUT2D eigenvalue weighted by Gasteiger charge is -2.30. The highest BCUT2D eigenvalue weighted by Crippen LogP contribution is 2.33.